The Labute approximate surface area is 147 Å². The van der Waals surface area contributed by atoms with Gasteiger partial charge < -0.3 is 15.0 Å². The summed E-state index contributed by atoms with van der Waals surface area (Å²) in [6.45, 7) is 5.08. The Balaban J connectivity index is 1.95. The van der Waals surface area contributed by atoms with Crippen LogP contribution >= 0.6 is 11.6 Å². The zero-order valence-electron chi connectivity index (χ0n) is 14.0. The van der Waals surface area contributed by atoms with E-state index in [9.17, 15) is 5.11 Å². The number of nitrogens with one attached hydrogen (secondary N) is 1. The number of aromatic nitrogens is 2. The van der Waals surface area contributed by atoms with Gasteiger partial charge in [0, 0.05) is 17.1 Å². The molecule has 1 heterocycles. The van der Waals surface area contributed by atoms with E-state index in [4.69, 9.17) is 16.6 Å². The molecule has 2 N–H and O–H groups in total. The molecule has 1 aromatic heterocycles. The van der Waals surface area contributed by atoms with Crippen molar-refractivity contribution in [1.29, 1.82) is 0 Å². The molecule has 0 unspecified atom stereocenters. The third-order valence-electron chi connectivity index (χ3n) is 4.19. The fourth-order valence-corrected chi connectivity index (χ4v) is 3.05. The fraction of sp³-hybridized carbons (Fsp3) is 0.316. The highest BCUT2D eigenvalue weighted by Crippen LogP contribution is 2.30. The smallest absolute Gasteiger partial charge is 0.204 e. The van der Waals surface area contributed by atoms with Crippen molar-refractivity contribution in [1.82, 2.24) is 9.55 Å². The lowest BCUT2D eigenvalue weighted by atomic mass is 10.1. The minimum atomic E-state index is -0.110. The predicted octanol–water partition coefficient (Wildman–Crippen LogP) is 5.37. The van der Waals surface area contributed by atoms with Crippen LogP contribution in [0.5, 0.6) is 5.75 Å². The number of rotatable bonds is 6. The Morgan fingerprint density at radius 1 is 1.25 bits per heavy atom. The number of anilines is 1. The summed E-state index contributed by atoms with van der Waals surface area (Å²) in [7, 11) is 0. The fourth-order valence-electron chi connectivity index (χ4n) is 2.87. The molecule has 3 aromatic rings. The summed E-state index contributed by atoms with van der Waals surface area (Å²) in [6, 6.07) is 13.1. The number of unbranched alkanes of at least 4 members (excludes halogenated alkanes) is 1. The number of aryl methyl sites for hydroxylation is 1. The van der Waals surface area contributed by atoms with Crippen LogP contribution < -0.4 is 5.32 Å². The van der Waals surface area contributed by atoms with Gasteiger partial charge >= 0.3 is 0 Å². The average molecular weight is 344 g/mol. The number of hydrogen-bond donors (Lipinski definition) is 2. The number of fused-ring (bicyclic) bond motifs is 1. The van der Waals surface area contributed by atoms with E-state index >= 15 is 0 Å². The minimum absolute atomic E-state index is 0.110. The van der Waals surface area contributed by atoms with Crippen LogP contribution in [0.1, 0.15) is 38.3 Å². The van der Waals surface area contributed by atoms with E-state index in [-0.39, 0.29) is 11.8 Å². The van der Waals surface area contributed by atoms with Gasteiger partial charge in [0.1, 0.15) is 5.75 Å². The summed E-state index contributed by atoms with van der Waals surface area (Å²) < 4.78 is 2.21. The van der Waals surface area contributed by atoms with Crippen molar-refractivity contribution in [2.75, 3.05) is 5.32 Å². The van der Waals surface area contributed by atoms with E-state index in [0.717, 1.165) is 41.9 Å². The normalized spacial score (nSPS) is 12.5. The highest BCUT2D eigenvalue weighted by Gasteiger charge is 2.16. The van der Waals surface area contributed by atoms with Crippen LogP contribution in [-0.4, -0.2) is 14.7 Å². The van der Waals surface area contributed by atoms with E-state index in [1.165, 1.54) is 0 Å². The van der Waals surface area contributed by atoms with Crippen molar-refractivity contribution in [2.45, 2.75) is 39.3 Å². The highest BCUT2D eigenvalue weighted by atomic mass is 35.5. The van der Waals surface area contributed by atoms with Crippen LogP contribution in [-0.2, 0) is 6.54 Å². The largest absolute Gasteiger partial charge is 0.508 e. The van der Waals surface area contributed by atoms with Crippen molar-refractivity contribution in [3.05, 3.63) is 53.1 Å². The molecule has 1 atom stereocenters. The summed E-state index contributed by atoms with van der Waals surface area (Å²) in [6.07, 6.45) is 2.21. The first-order chi connectivity index (χ1) is 11.6. The van der Waals surface area contributed by atoms with Gasteiger partial charge in [-0.25, -0.2) is 4.98 Å². The number of aromatic hydroxyl groups is 1. The van der Waals surface area contributed by atoms with Crippen LogP contribution in [0.3, 0.4) is 0 Å². The standard InChI is InChI=1S/C19H22ClN3O/c1-3-4-11-23-17-8-6-5-7-16(17)22-19(23)21-13(2)15-12-14(20)9-10-18(15)24/h5-10,12-13,24H,3-4,11H2,1-2H3,(H,21,22)/t13-/m1/s1. The Kier molecular flexibility index (Phi) is 4.95. The lowest BCUT2D eigenvalue weighted by molar-refractivity contribution is 0.465. The second-order valence-electron chi connectivity index (χ2n) is 6.00. The zero-order valence-corrected chi connectivity index (χ0v) is 14.7. The summed E-state index contributed by atoms with van der Waals surface area (Å²) in [5.74, 6) is 1.05. The highest BCUT2D eigenvalue weighted by molar-refractivity contribution is 6.30. The van der Waals surface area contributed by atoms with Gasteiger partial charge in [-0.05, 0) is 43.7 Å². The number of phenolic OH excluding ortho intramolecular Hbond substituents is 1. The molecule has 0 spiro atoms. The predicted molar refractivity (Wildman–Crippen MR) is 99.8 cm³/mol. The van der Waals surface area contributed by atoms with Crippen molar-refractivity contribution in [3.8, 4) is 5.75 Å². The van der Waals surface area contributed by atoms with E-state index < -0.39 is 0 Å². The molecular weight excluding hydrogens is 322 g/mol. The van der Waals surface area contributed by atoms with E-state index in [2.05, 4.69) is 22.9 Å². The average Bonchev–Trinajstić information content (AvgIpc) is 2.92. The first-order valence-corrected chi connectivity index (χ1v) is 8.68. The zero-order chi connectivity index (χ0) is 17.1. The number of imidazole rings is 1. The van der Waals surface area contributed by atoms with Crippen LogP contribution in [0.25, 0.3) is 11.0 Å². The number of halogens is 1. The SMILES string of the molecule is CCCCn1c(N[C@H](C)c2cc(Cl)ccc2O)nc2ccccc21. The number of para-hydroxylation sites is 2. The molecule has 0 aliphatic rings. The van der Waals surface area contributed by atoms with Gasteiger partial charge in [0.05, 0.1) is 17.1 Å². The molecule has 0 aliphatic heterocycles. The van der Waals surface area contributed by atoms with Gasteiger partial charge in [0.25, 0.3) is 0 Å². The molecule has 0 amide bonds. The van der Waals surface area contributed by atoms with Crippen LogP contribution in [0.15, 0.2) is 42.5 Å². The summed E-state index contributed by atoms with van der Waals surface area (Å²) >= 11 is 6.07. The van der Waals surface area contributed by atoms with Gasteiger partial charge in [-0.3, -0.25) is 0 Å². The van der Waals surface area contributed by atoms with Crippen molar-refractivity contribution in [3.63, 3.8) is 0 Å². The number of phenols is 1. The quantitative estimate of drug-likeness (QED) is 0.632. The van der Waals surface area contributed by atoms with Crippen LogP contribution in [0.4, 0.5) is 5.95 Å². The molecule has 4 nitrogen and oxygen atoms in total. The third-order valence-corrected chi connectivity index (χ3v) is 4.43. The molecule has 24 heavy (non-hydrogen) atoms. The molecule has 0 saturated heterocycles. The summed E-state index contributed by atoms with van der Waals surface area (Å²) in [5.41, 5.74) is 2.85. The minimum Gasteiger partial charge on any atom is -0.508 e. The summed E-state index contributed by atoms with van der Waals surface area (Å²) in [4.78, 5) is 4.72. The van der Waals surface area contributed by atoms with Gasteiger partial charge in [0.2, 0.25) is 5.95 Å². The molecule has 3 rings (SSSR count). The second kappa shape index (κ2) is 7.14. The Morgan fingerprint density at radius 2 is 2.04 bits per heavy atom. The van der Waals surface area contributed by atoms with E-state index in [1.54, 1.807) is 18.2 Å². The van der Waals surface area contributed by atoms with E-state index in [1.807, 2.05) is 25.1 Å². The molecule has 0 radical (unpaired) electrons. The van der Waals surface area contributed by atoms with E-state index in [0.29, 0.717) is 5.02 Å². The van der Waals surface area contributed by atoms with Gasteiger partial charge in [-0.1, -0.05) is 37.1 Å². The third kappa shape index (κ3) is 3.34. The number of nitrogens with zero attached hydrogens (tertiary/aromatic N) is 2. The molecule has 0 fully saturated rings. The van der Waals surface area contributed by atoms with Gasteiger partial charge in [-0.2, -0.15) is 0 Å². The lowest BCUT2D eigenvalue weighted by Crippen LogP contribution is -2.12. The van der Waals surface area contributed by atoms with Crippen molar-refractivity contribution >= 4 is 28.6 Å². The first-order valence-electron chi connectivity index (χ1n) is 8.30. The number of benzene rings is 2. The molecule has 0 bridgehead atoms. The molecule has 126 valence electrons. The van der Waals surface area contributed by atoms with Crippen molar-refractivity contribution < 1.29 is 5.11 Å². The topological polar surface area (TPSA) is 50.1 Å². The number of hydrogen-bond acceptors (Lipinski definition) is 3. The van der Waals surface area contributed by atoms with Gasteiger partial charge in [-0.15, -0.1) is 0 Å². The Bertz CT molecular complexity index is 844. The van der Waals surface area contributed by atoms with Crippen molar-refractivity contribution in [2.24, 2.45) is 0 Å². The first kappa shape index (κ1) is 16.7. The lowest BCUT2D eigenvalue weighted by Gasteiger charge is -2.18. The maximum Gasteiger partial charge on any atom is 0.204 e. The maximum absolute atomic E-state index is 10.1. The summed E-state index contributed by atoms with van der Waals surface area (Å²) in [5, 5.41) is 14.1. The molecule has 2 aromatic carbocycles. The molecule has 0 saturated carbocycles. The molecule has 5 heteroatoms. The van der Waals surface area contributed by atoms with Crippen LogP contribution in [0, 0.1) is 0 Å². The molecule has 0 aliphatic carbocycles. The monoisotopic (exact) mass is 343 g/mol. The van der Waals surface area contributed by atoms with Gasteiger partial charge in [0.15, 0.2) is 0 Å². The molecular formula is C19H22ClN3O. The Hall–Kier alpha value is -2.20. The maximum atomic E-state index is 10.1. The van der Waals surface area contributed by atoms with Crippen LogP contribution in [0.2, 0.25) is 5.02 Å². The Morgan fingerprint density at radius 3 is 2.83 bits per heavy atom. The second-order valence-corrected chi connectivity index (χ2v) is 6.43.